The van der Waals surface area contributed by atoms with Crippen molar-refractivity contribution in [3.05, 3.63) is 47.5 Å². The third kappa shape index (κ3) is 2.42. The van der Waals surface area contributed by atoms with Crippen LogP contribution < -0.4 is 22.9 Å². The van der Waals surface area contributed by atoms with Gasteiger partial charge >= 0.3 is 0 Å². The minimum Gasteiger partial charge on any atom is -0.397 e. The zero-order chi connectivity index (χ0) is 12.4. The minimum absolute atomic E-state index is 0.602. The lowest BCUT2D eigenvalue weighted by Gasteiger charge is -2.07. The molecular weight excluding hydrogens is 212 g/mol. The molecule has 0 unspecified atom stereocenters. The van der Waals surface area contributed by atoms with Crippen LogP contribution in [0.5, 0.6) is 0 Å². The second kappa shape index (κ2) is 4.25. The molecule has 0 bridgehead atoms. The van der Waals surface area contributed by atoms with Crippen molar-refractivity contribution in [3.63, 3.8) is 0 Å². The highest BCUT2D eigenvalue weighted by atomic mass is 14.7. The van der Waals surface area contributed by atoms with Crippen molar-refractivity contribution in [2.45, 2.75) is 6.42 Å². The fraction of sp³-hybridized carbons (Fsp3) is 0.0769. The molecule has 88 valence electrons. The molecule has 0 heterocycles. The molecule has 17 heavy (non-hydrogen) atoms. The smallest absolute Gasteiger partial charge is 0.0550 e. The zero-order valence-corrected chi connectivity index (χ0v) is 9.48. The van der Waals surface area contributed by atoms with Crippen LogP contribution in [0.25, 0.3) is 0 Å². The van der Waals surface area contributed by atoms with Gasteiger partial charge in [0, 0.05) is 0 Å². The molecular formula is C13H16N4. The van der Waals surface area contributed by atoms with Gasteiger partial charge < -0.3 is 22.9 Å². The minimum atomic E-state index is 0.602. The summed E-state index contributed by atoms with van der Waals surface area (Å²) in [5.41, 5.74) is 27.5. The van der Waals surface area contributed by atoms with Gasteiger partial charge in [0.2, 0.25) is 0 Å². The molecule has 0 atom stereocenters. The Hall–Kier alpha value is -2.36. The highest BCUT2D eigenvalue weighted by Crippen LogP contribution is 2.21. The molecule has 0 aliphatic rings. The van der Waals surface area contributed by atoms with Gasteiger partial charge in [-0.25, -0.2) is 0 Å². The van der Waals surface area contributed by atoms with E-state index in [1.165, 1.54) is 0 Å². The summed E-state index contributed by atoms with van der Waals surface area (Å²) in [5.74, 6) is 0. The molecule has 0 saturated carbocycles. The van der Waals surface area contributed by atoms with Crippen LogP contribution in [0.3, 0.4) is 0 Å². The summed E-state index contributed by atoms with van der Waals surface area (Å²) < 4.78 is 0. The lowest BCUT2D eigenvalue weighted by molar-refractivity contribution is 1.20. The quantitative estimate of drug-likeness (QED) is 0.586. The Bertz CT molecular complexity index is 500. The van der Waals surface area contributed by atoms with Crippen LogP contribution in [-0.4, -0.2) is 0 Å². The maximum Gasteiger partial charge on any atom is 0.0550 e. The van der Waals surface area contributed by atoms with Crippen LogP contribution in [0, 0.1) is 0 Å². The van der Waals surface area contributed by atoms with Crippen LogP contribution >= 0.6 is 0 Å². The Balaban J connectivity index is 2.25. The molecule has 0 saturated heterocycles. The van der Waals surface area contributed by atoms with Crippen LogP contribution in [0.4, 0.5) is 22.7 Å². The van der Waals surface area contributed by atoms with Crippen molar-refractivity contribution in [1.82, 2.24) is 0 Å². The first-order valence-corrected chi connectivity index (χ1v) is 5.34. The Kier molecular flexibility index (Phi) is 2.78. The van der Waals surface area contributed by atoms with E-state index in [4.69, 9.17) is 22.9 Å². The van der Waals surface area contributed by atoms with Gasteiger partial charge in [0.1, 0.15) is 0 Å². The fourth-order valence-electron chi connectivity index (χ4n) is 1.70. The van der Waals surface area contributed by atoms with Crippen molar-refractivity contribution < 1.29 is 0 Å². The van der Waals surface area contributed by atoms with Gasteiger partial charge in [-0.05, 0) is 41.8 Å². The molecule has 0 spiro atoms. The van der Waals surface area contributed by atoms with Crippen LogP contribution in [0.15, 0.2) is 36.4 Å². The van der Waals surface area contributed by atoms with E-state index in [1.54, 1.807) is 0 Å². The van der Waals surface area contributed by atoms with E-state index in [2.05, 4.69) is 0 Å². The predicted octanol–water partition coefficient (Wildman–Crippen LogP) is 1.61. The van der Waals surface area contributed by atoms with E-state index >= 15 is 0 Å². The monoisotopic (exact) mass is 228 g/mol. The highest BCUT2D eigenvalue weighted by Gasteiger charge is 2.01. The molecule has 0 aliphatic carbocycles. The number of hydrogen-bond acceptors (Lipinski definition) is 4. The van der Waals surface area contributed by atoms with Gasteiger partial charge in [-0.3, -0.25) is 0 Å². The van der Waals surface area contributed by atoms with E-state index in [0.717, 1.165) is 17.5 Å². The standard InChI is InChI=1S/C13H16N4/c14-10-3-1-8(6-12(10)16)5-9-2-4-11(15)13(17)7-9/h1-4,6-7H,5,14-17H2. The second-order valence-electron chi connectivity index (χ2n) is 4.10. The first kappa shape index (κ1) is 11.1. The number of rotatable bonds is 2. The number of nitrogen functional groups attached to an aromatic ring is 4. The van der Waals surface area contributed by atoms with Crippen molar-refractivity contribution in [2.24, 2.45) is 0 Å². The van der Waals surface area contributed by atoms with Crippen LogP contribution in [0.1, 0.15) is 11.1 Å². The average Bonchev–Trinajstić information content (AvgIpc) is 2.29. The third-order valence-corrected chi connectivity index (χ3v) is 2.71. The van der Waals surface area contributed by atoms with Crippen LogP contribution in [0.2, 0.25) is 0 Å². The average molecular weight is 228 g/mol. The topological polar surface area (TPSA) is 104 Å². The summed E-state index contributed by atoms with van der Waals surface area (Å²) in [4.78, 5) is 0. The van der Waals surface area contributed by atoms with Crippen molar-refractivity contribution >= 4 is 22.7 Å². The first-order chi connectivity index (χ1) is 8.06. The molecule has 8 N–H and O–H groups in total. The number of benzene rings is 2. The lowest BCUT2D eigenvalue weighted by atomic mass is 10.0. The molecule has 2 aromatic rings. The maximum absolute atomic E-state index is 5.76. The summed E-state index contributed by atoms with van der Waals surface area (Å²) in [6.07, 6.45) is 0.759. The Labute approximate surface area is 100 Å². The van der Waals surface area contributed by atoms with Crippen molar-refractivity contribution in [2.75, 3.05) is 22.9 Å². The lowest BCUT2D eigenvalue weighted by Crippen LogP contribution is -1.98. The Morgan fingerprint density at radius 1 is 0.588 bits per heavy atom. The predicted molar refractivity (Wildman–Crippen MR) is 73.3 cm³/mol. The molecule has 0 amide bonds. The molecule has 4 heteroatoms. The van der Waals surface area contributed by atoms with E-state index in [1.807, 2.05) is 36.4 Å². The van der Waals surface area contributed by atoms with Gasteiger partial charge in [0.25, 0.3) is 0 Å². The summed E-state index contributed by atoms with van der Waals surface area (Å²) in [7, 11) is 0. The summed E-state index contributed by atoms with van der Waals surface area (Å²) >= 11 is 0. The molecule has 0 radical (unpaired) electrons. The van der Waals surface area contributed by atoms with Gasteiger partial charge in [-0.15, -0.1) is 0 Å². The SMILES string of the molecule is Nc1ccc(Cc2ccc(N)c(N)c2)cc1N. The van der Waals surface area contributed by atoms with Gasteiger partial charge in [0.05, 0.1) is 22.7 Å². The zero-order valence-electron chi connectivity index (χ0n) is 9.48. The van der Waals surface area contributed by atoms with E-state index in [0.29, 0.717) is 22.7 Å². The van der Waals surface area contributed by atoms with E-state index in [-0.39, 0.29) is 0 Å². The molecule has 4 nitrogen and oxygen atoms in total. The van der Waals surface area contributed by atoms with Gasteiger partial charge in [0.15, 0.2) is 0 Å². The molecule has 2 aromatic carbocycles. The normalized spacial score (nSPS) is 10.4. The van der Waals surface area contributed by atoms with Crippen molar-refractivity contribution in [1.29, 1.82) is 0 Å². The van der Waals surface area contributed by atoms with Gasteiger partial charge in [-0.2, -0.15) is 0 Å². The molecule has 2 rings (SSSR count). The van der Waals surface area contributed by atoms with E-state index < -0.39 is 0 Å². The van der Waals surface area contributed by atoms with Gasteiger partial charge in [-0.1, -0.05) is 12.1 Å². The largest absolute Gasteiger partial charge is 0.397 e. The highest BCUT2D eigenvalue weighted by molar-refractivity contribution is 5.66. The second-order valence-corrected chi connectivity index (χ2v) is 4.10. The summed E-state index contributed by atoms with van der Waals surface area (Å²) in [5, 5.41) is 0. The summed E-state index contributed by atoms with van der Waals surface area (Å²) in [6, 6.07) is 11.3. The first-order valence-electron chi connectivity index (χ1n) is 5.34. The molecule has 0 aliphatic heterocycles. The Morgan fingerprint density at radius 2 is 1.00 bits per heavy atom. The van der Waals surface area contributed by atoms with E-state index in [9.17, 15) is 0 Å². The summed E-state index contributed by atoms with van der Waals surface area (Å²) in [6.45, 7) is 0. The number of hydrogen-bond donors (Lipinski definition) is 4. The third-order valence-electron chi connectivity index (χ3n) is 2.71. The molecule has 0 fully saturated rings. The molecule has 0 aromatic heterocycles. The number of anilines is 4. The Morgan fingerprint density at radius 3 is 1.35 bits per heavy atom. The number of nitrogens with two attached hydrogens (primary N) is 4. The fourth-order valence-corrected chi connectivity index (χ4v) is 1.70. The van der Waals surface area contributed by atoms with Crippen molar-refractivity contribution in [3.8, 4) is 0 Å². The van der Waals surface area contributed by atoms with Crippen LogP contribution in [-0.2, 0) is 6.42 Å². The maximum atomic E-state index is 5.76.